The summed E-state index contributed by atoms with van der Waals surface area (Å²) < 4.78 is 15.9. The van der Waals surface area contributed by atoms with Crippen LogP contribution in [0.15, 0.2) is 42.5 Å². The summed E-state index contributed by atoms with van der Waals surface area (Å²) in [7, 11) is 0. The molecule has 0 bridgehead atoms. The van der Waals surface area contributed by atoms with E-state index in [2.05, 4.69) is 5.43 Å². The van der Waals surface area contributed by atoms with Crippen molar-refractivity contribution in [3.63, 3.8) is 0 Å². The summed E-state index contributed by atoms with van der Waals surface area (Å²) in [6, 6.07) is 10.2. The quantitative estimate of drug-likeness (QED) is 0.558. The molecule has 1 atom stereocenters. The molecule has 172 valence electrons. The van der Waals surface area contributed by atoms with E-state index in [9.17, 15) is 19.2 Å². The van der Waals surface area contributed by atoms with Gasteiger partial charge in [-0.2, -0.15) is 0 Å². The van der Waals surface area contributed by atoms with Crippen molar-refractivity contribution in [2.45, 2.75) is 26.3 Å². The highest BCUT2D eigenvalue weighted by molar-refractivity contribution is 6.23. The summed E-state index contributed by atoms with van der Waals surface area (Å²) in [6.07, 6.45) is -1.21. The SMILES string of the molecule is CCOC(=O)NN(C(=O)c1cccc(C)c1)C1CC(=O)N(c2ccc3c(c2)OCCO3)C1=O. The molecule has 2 aromatic rings. The van der Waals surface area contributed by atoms with Crippen LogP contribution in [0.4, 0.5) is 10.5 Å². The minimum atomic E-state index is -1.25. The summed E-state index contributed by atoms with van der Waals surface area (Å²) >= 11 is 0. The van der Waals surface area contributed by atoms with E-state index < -0.39 is 29.9 Å². The minimum Gasteiger partial charge on any atom is -0.486 e. The molecule has 10 heteroatoms. The fourth-order valence-corrected chi connectivity index (χ4v) is 3.71. The van der Waals surface area contributed by atoms with Gasteiger partial charge in [0, 0.05) is 11.6 Å². The number of benzene rings is 2. The fourth-order valence-electron chi connectivity index (χ4n) is 3.71. The molecule has 2 heterocycles. The van der Waals surface area contributed by atoms with Crippen LogP contribution < -0.4 is 19.8 Å². The van der Waals surface area contributed by atoms with Crippen molar-refractivity contribution in [1.29, 1.82) is 0 Å². The van der Waals surface area contributed by atoms with Crippen LogP contribution in [0.5, 0.6) is 11.5 Å². The molecule has 4 amide bonds. The van der Waals surface area contributed by atoms with Crippen LogP contribution in [0.2, 0.25) is 0 Å². The lowest BCUT2D eigenvalue weighted by atomic mass is 10.1. The average Bonchev–Trinajstić information content (AvgIpc) is 3.10. The number of carbonyl (C=O) groups excluding carboxylic acids is 4. The van der Waals surface area contributed by atoms with Crippen molar-refractivity contribution in [3.8, 4) is 11.5 Å². The Morgan fingerprint density at radius 3 is 2.61 bits per heavy atom. The Hall–Kier alpha value is -4.08. The smallest absolute Gasteiger partial charge is 0.426 e. The first-order chi connectivity index (χ1) is 15.9. The second-order valence-electron chi connectivity index (χ2n) is 7.49. The number of nitrogens with one attached hydrogen (secondary N) is 1. The molecule has 1 unspecified atom stereocenters. The maximum atomic E-state index is 13.3. The molecule has 1 saturated heterocycles. The molecule has 10 nitrogen and oxygen atoms in total. The average molecular weight is 453 g/mol. The van der Waals surface area contributed by atoms with Gasteiger partial charge in [-0.25, -0.2) is 20.1 Å². The van der Waals surface area contributed by atoms with E-state index in [1.54, 1.807) is 37.3 Å². The number of hydrogen-bond acceptors (Lipinski definition) is 7. The van der Waals surface area contributed by atoms with E-state index in [1.165, 1.54) is 6.07 Å². The van der Waals surface area contributed by atoms with Gasteiger partial charge in [-0.05, 0) is 38.1 Å². The van der Waals surface area contributed by atoms with E-state index in [0.717, 1.165) is 15.5 Å². The zero-order chi connectivity index (χ0) is 23.5. The van der Waals surface area contributed by atoms with Crippen LogP contribution in [-0.4, -0.2) is 54.7 Å². The van der Waals surface area contributed by atoms with Crippen molar-refractivity contribution < 1.29 is 33.4 Å². The molecule has 4 rings (SSSR count). The fraction of sp³-hybridized carbons (Fsp3) is 0.304. The van der Waals surface area contributed by atoms with Gasteiger partial charge in [0.1, 0.15) is 19.3 Å². The number of hydrazine groups is 1. The highest BCUT2D eigenvalue weighted by Crippen LogP contribution is 2.36. The number of amides is 4. The maximum absolute atomic E-state index is 13.3. The molecule has 1 fully saturated rings. The number of fused-ring (bicyclic) bond motifs is 1. The Balaban J connectivity index is 1.64. The second-order valence-corrected chi connectivity index (χ2v) is 7.49. The van der Waals surface area contributed by atoms with Crippen LogP contribution in [0, 0.1) is 6.92 Å². The Morgan fingerprint density at radius 2 is 1.88 bits per heavy atom. The van der Waals surface area contributed by atoms with Gasteiger partial charge in [0.15, 0.2) is 11.5 Å². The molecular weight excluding hydrogens is 430 g/mol. The van der Waals surface area contributed by atoms with E-state index in [0.29, 0.717) is 24.7 Å². The highest BCUT2D eigenvalue weighted by atomic mass is 16.6. The zero-order valence-corrected chi connectivity index (χ0v) is 18.2. The van der Waals surface area contributed by atoms with Gasteiger partial charge in [-0.15, -0.1) is 0 Å². The molecule has 0 saturated carbocycles. The standard InChI is InChI=1S/C23H23N3O7/c1-3-31-23(30)24-26(21(28)15-6-4-5-14(2)11-15)17-13-20(27)25(22(17)29)16-7-8-18-19(12-16)33-10-9-32-18/h4-8,11-12,17H,3,9-10,13H2,1-2H3,(H,24,30). The Labute approximate surface area is 190 Å². The van der Waals surface area contributed by atoms with E-state index in [-0.39, 0.29) is 24.3 Å². The molecular formula is C23H23N3O7. The number of nitrogens with zero attached hydrogens (tertiary/aromatic N) is 2. The van der Waals surface area contributed by atoms with Gasteiger partial charge < -0.3 is 14.2 Å². The molecule has 2 aliphatic rings. The van der Waals surface area contributed by atoms with E-state index in [4.69, 9.17) is 14.2 Å². The summed E-state index contributed by atoms with van der Waals surface area (Å²) in [5.74, 6) is -0.883. The Kier molecular flexibility index (Phi) is 6.16. The van der Waals surface area contributed by atoms with Gasteiger partial charge in [0.05, 0.1) is 18.7 Å². The van der Waals surface area contributed by atoms with Crippen molar-refractivity contribution in [2.24, 2.45) is 0 Å². The van der Waals surface area contributed by atoms with E-state index >= 15 is 0 Å². The van der Waals surface area contributed by atoms with Gasteiger partial charge in [-0.3, -0.25) is 14.4 Å². The molecule has 0 spiro atoms. The van der Waals surface area contributed by atoms with Crippen molar-refractivity contribution >= 4 is 29.5 Å². The largest absolute Gasteiger partial charge is 0.486 e. The molecule has 2 aromatic carbocycles. The highest BCUT2D eigenvalue weighted by Gasteiger charge is 2.46. The maximum Gasteiger partial charge on any atom is 0.426 e. The first-order valence-corrected chi connectivity index (χ1v) is 10.5. The first kappa shape index (κ1) is 22.1. The number of ether oxygens (including phenoxy) is 3. The number of anilines is 1. The van der Waals surface area contributed by atoms with Crippen LogP contribution in [0.3, 0.4) is 0 Å². The van der Waals surface area contributed by atoms with Crippen molar-refractivity contribution in [3.05, 3.63) is 53.6 Å². The topological polar surface area (TPSA) is 114 Å². The Bertz CT molecular complexity index is 1120. The zero-order valence-electron chi connectivity index (χ0n) is 18.2. The molecule has 33 heavy (non-hydrogen) atoms. The van der Waals surface area contributed by atoms with Crippen molar-refractivity contribution in [1.82, 2.24) is 10.4 Å². The monoisotopic (exact) mass is 453 g/mol. The third-order valence-corrected chi connectivity index (χ3v) is 5.19. The minimum absolute atomic E-state index is 0.0686. The van der Waals surface area contributed by atoms with Crippen LogP contribution in [0.25, 0.3) is 0 Å². The molecule has 0 aliphatic carbocycles. The summed E-state index contributed by atoms with van der Waals surface area (Å²) in [4.78, 5) is 52.5. The van der Waals surface area contributed by atoms with Gasteiger partial charge >= 0.3 is 6.09 Å². The van der Waals surface area contributed by atoms with Gasteiger partial charge in [-0.1, -0.05) is 17.7 Å². The van der Waals surface area contributed by atoms with Crippen LogP contribution in [0.1, 0.15) is 29.3 Å². The Morgan fingerprint density at radius 1 is 1.12 bits per heavy atom. The number of hydrogen-bond donors (Lipinski definition) is 1. The summed E-state index contributed by atoms with van der Waals surface area (Å²) in [5, 5.41) is 0.866. The lowest BCUT2D eigenvalue weighted by Crippen LogP contribution is -2.54. The number of carbonyl (C=O) groups is 4. The third-order valence-electron chi connectivity index (χ3n) is 5.19. The van der Waals surface area contributed by atoms with E-state index in [1.807, 2.05) is 13.0 Å². The van der Waals surface area contributed by atoms with Crippen LogP contribution in [-0.2, 0) is 14.3 Å². The summed E-state index contributed by atoms with van der Waals surface area (Å²) in [5.41, 5.74) is 3.69. The first-order valence-electron chi connectivity index (χ1n) is 10.5. The molecule has 0 aromatic heterocycles. The predicted molar refractivity (Wildman–Crippen MR) is 116 cm³/mol. The number of rotatable bonds is 4. The van der Waals surface area contributed by atoms with Gasteiger partial charge in [0.2, 0.25) is 5.91 Å². The van der Waals surface area contributed by atoms with Crippen LogP contribution >= 0.6 is 0 Å². The molecule has 2 aliphatic heterocycles. The normalized spacial score (nSPS) is 17.0. The molecule has 0 radical (unpaired) electrons. The number of imide groups is 1. The van der Waals surface area contributed by atoms with Gasteiger partial charge in [0.25, 0.3) is 11.8 Å². The third kappa shape index (κ3) is 4.45. The molecule has 1 N–H and O–H groups in total. The lowest BCUT2D eigenvalue weighted by molar-refractivity contribution is -0.122. The van der Waals surface area contributed by atoms with Crippen molar-refractivity contribution in [2.75, 3.05) is 24.7 Å². The number of aryl methyl sites for hydroxylation is 1. The predicted octanol–water partition coefficient (Wildman–Crippen LogP) is 2.20. The second kappa shape index (κ2) is 9.19. The lowest BCUT2D eigenvalue weighted by Gasteiger charge is -2.27. The summed E-state index contributed by atoms with van der Waals surface area (Å²) in [6.45, 7) is 4.25.